The number of nitrogens with two attached hydrogens (primary N) is 1. The van der Waals surface area contributed by atoms with Gasteiger partial charge in [0.2, 0.25) is 0 Å². The van der Waals surface area contributed by atoms with Crippen LogP contribution in [0.2, 0.25) is 0 Å². The first-order chi connectivity index (χ1) is 13.0. The molecule has 2 heterocycles. The predicted octanol–water partition coefficient (Wildman–Crippen LogP) is 2.77. The molecule has 6 nitrogen and oxygen atoms in total. The molecule has 2 aliphatic heterocycles. The fraction of sp³-hybridized carbons (Fsp3) is 0.571. The number of piperidine rings is 1. The van der Waals surface area contributed by atoms with Crippen molar-refractivity contribution in [1.82, 2.24) is 9.80 Å². The smallest absolute Gasteiger partial charge is 0.410 e. The van der Waals surface area contributed by atoms with Crippen molar-refractivity contribution in [3.8, 4) is 11.8 Å². The van der Waals surface area contributed by atoms with E-state index in [0.29, 0.717) is 6.04 Å². The molecule has 1 amide bonds. The summed E-state index contributed by atoms with van der Waals surface area (Å²) >= 11 is 0. The third-order valence-corrected chi connectivity index (χ3v) is 5.73. The first kappa shape index (κ1) is 19.4. The number of nitrogens with zero attached hydrogens (tertiary/aromatic N) is 2. The largest absolute Gasteiger partial charge is 0.436 e. The Morgan fingerprint density at radius 1 is 1.33 bits per heavy atom. The van der Waals surface area contributed by atoms with Gasteiger partial charge in [-0.2, -0.15) is 0 Å². The van der Waals surface area contributed by atoms with Crippen LogP contribution in [0.4, 0.5) is 16.2 Å². The molecule has 1 unspecified atom stereocenters. The Labute approximate surface area is 162 Å². The third kappa shape index (κ3) is 4.67. The molecule has 0 radical (unpaired) electrons. The van der Waals surface area contributed by atoms with Crippen LogP contribution in [0.25, 0.3) is 0 Å². The molecule has 2 aliphatic rings. The SMILES string of the molecule is CC#CCOC(=O)N1CCC(C)(N2CCC(Nc3ccccc3N)CC2)C1. The molecule has 2 fully saturated rings. The van der Waals surface area contributed by atoms with Gasteiger partial charge in [-0.1, -0.05) is 18.1 Å². The van der Waals surface area contributed by atoms with E-state index in [1.807, 2.05) is 29.2 Å². The second kappa shape index (κ2) is 8.53. The van der Waals surface area contributed by atoms with E-state index >= 15 is 0 Å². The van der Waals surface area contributed by atoms with Gasteiger partial charge in [0.15, 0.2) is 6.61 Å². The maximum absolute atomic E-state index is 12.2. The summed E-state index contributed by atoms with van der Waals surface area (Å²) in [5.74, 6) is 5.51. The van der Waals surface area contributed by atoms with Crippen LogP contribution in [0.15, 0.2) is 24.3 Å². The van der Waals surface area contributed by atoms with Gasteiger partial charge >= 0.3 is 6.09 Å². The molecule has 0 spiro atoms. The van der Waals surface area contributed by atoms with Crippen molar-refractivity contribution in [2.45, 2.75) is 44.7 Å². The van der Waals surface area contributed by atoms with Gasteiger partial charge in [-0.25, -0.2) is 4.79 Å². The van der Waals surface area contributed by atoms with Crippen LogP contribution in [0, 0.1) is 11.8 Å². The molecule has 3 N–H and O–H groups in total. The Bertz CT molecular complexity index is 718. The maximum Gasteiger partial charge on any atom is 0.410 e. The monoisotopic (exact) mass is 370 g/mol. The molecule has 0 aromatic heterocycles. The number of rotatable bonds is 4. The summed E-state index contributed by atoms with van der Waals surface area (Å²) in [6.45, 7) is 7.67. The first-order valence-corrected chi connectivity index (χ1v) is 9.69. The third-order valence-electron chi connectivity index (χ3n) is 5.73. The lowest BCUT2D eigenvalue weighted by Crippen LogP contribution is -2.53. The fourth-order valence-corrected chi connectivity index (χ4v) is 4.03. The number of nitrogens with one attached hydrogen (secondary N) is 1. The molecule has 1 aromatic rings. The van der Waals surface area contributed by atoms with Crippen LogP contribution in [-0.4, -0.2) is 60.3 Å². The van der Waals surface area contributed by atoms with Crippen molar-refractivity contribution >= 4 is 17.5 Å². The Balaban J connectivity index is 1.49. The van der Waals surface area contributed by atoms with E-state index in [0.717, 1.165) is 56.8 Å². The number of likely N-dealkylation sites (tertiary alicyclic amines) is 2. The molecule has 2 saturated heterocycles. The number of hydrogen-bond acceptors (Lipinski definition) is 5. The number of anilines is 2. The minimum atomic E-state index is -0.252. The van der Waals surface area contributed by atoms with Gasteiger partial charge in [0, 0.05) is 37.8 Å². The van der Waals surface area contributed by atoms with Crippen molar-refractivity contribution in [1.29, 1.82) is 0 Å². The molecule has 3 rings (SSSR count). The van der Waals surface area contributed by atoms with Crippen LogP contribution in [0.1, 0.15) is 33.1 Å². The summed E-state index contributed by atoms with van der Waals surface area (Å²) in [5.41, 5.74) is 7.88. The van der Waals surface area contributed by atoms with E-state index in [-0.39, 0.29) is 18.2 Å². The lowest BCUT2D eigenvalue weighted by atomic mass is 9.94. The molecule has 0 bridgehead atoms. The zero-order valence-electron chi connectivity index (χ0n) is 16.3. The summed E-state index contributed by atoms with van der Waals surface area (Å²) in [5, 5.41) is 3.58. The first-order valence-electron chi connectivity index (χ1n) is 9.69. The molecule has 0 saturated carbocycles. The van der Waals surface area contributed by atoms with Crippen LogP contribution < -0.4 is 11.1 Å². The normalized spacial score (nSPS) is 23.6. The highest BCUT2D eigenvalue weighted by molar-refractivity contribution is 5.68. The number of ether oxygens (including phenoxy) is 1. The Morgan fingerprint density at radius 2 is 2.07 bits per heavy atom. The lowest BCUT2D eigenvalue weighted by molar-refractivity contribution is 0.0755. The number of para-hydroxylation sites is 2. The van der Waals surface area contributed by atoms with Gasteiger partial charge < -0.3 is 20.7 Å². The highest BCUT2D eigenvalue weighted by Crippen LogP contribution is 2.31. The highest BCUT2D eigenvalue weighted by Gasteiger charge is 2.42. The summed E-state index contributed by atoms with van der Waals surface area (Å²) in [4.78, 5) is 16.5. The second-order valence-corrected chi connectivity index (χ2v) is 7.64. The van der Waals surface area contributed by atoms with Crippen molar-refractivity contribution < 1.29 is 9.53 Å². The molecule has 1 atom stereocenters. The average molecular weight is 370 g/mol. The van der Waals surface area contributed by atoms with Crippen molar-refractivity contribution in [3.63, 3.8) is 0 Å². The van der Waals surface area contributed by atoms with Crippen LogP contribution in [-0.2, 0) is 4.74 Å². The van der Waals surface area contributed by atoms with Crippen LogP contribution in [0.3, 0.4) is 0 Å². The number of benzene rings is 1. The molecular weight excluding hydrogens is 340 g/mol. The van der Waals surface area contributed by atoms with Crippen molar-refractivity contribution in [3.05, 3.63) is 24.3 Å². The highest BCUT2D eigenvalue weighted by atomic mass is 16.6. The number of hydrogen-bond donors (Lipinski definition) is 2. The summed E-state index contributed by atoms with van der Waals surface area (Å²) in [7, 11) is 0. The molecule has 146 valence electrons. The van der Waals surface area contributed by atoms with Gasteiger partial charge in [0.1, 0.15) is 0 Å². The Kier molecular flexibility index (Phi) is 6.12. The van der Waals surface area contributed by atoms with E-state index in [9.17, 15) is 4.79 Å². The number of carbonyl (C=O) groups is 1. The topological polar surface area (TPSA) is 70.8 Å². The van der Waals surface area contributed by atoms with Gasteiger partial charge in [-0.05, 0) is 45.2 Å². The van der Waals surface area contributed by atoms with E-state index in [1.54, 1.807) is 6.92 Å². The van der Waals surface area contributed by atoms with Gasteiger partial charge in [0.25, 0.3) is 0 Å². The average Bonchev–Trinajstić information content (AvgIpc) is 3.08. The van der Waals surface area contributed by atoms with Crippen molar-refractivity contribution in [2.24, 2.45) is 0 Å². The summed E-state index contributed by atoms with van der Waals surface area (Å²) < 4.78 is 5.21. The number of amides is 1. The predicted molar refractivity (Wildman–Crippen MR) is 108 cm³/mol. The number of carbonyl (C=O) groups excluding carboxylic acids is 1. The quantitative estimate of drug-likeness (QED) is 0.630. The zero-order valence-corrected chi connectivity index (χ0v) is 16.3. The van der Waals surface area contributed by atoms with E-state index in [2.05, 4.69) is 29.0 Å². The molecular formula is C21H30N4O2. The van der Waals surface area contributed by atoms with Crippen LogP contribution in [0.5, 0.6) is 0 Å². The van der Waals surface area contributed by atoms with E-state index < -0.39 is 0 Å². The fourth-order valence-electron chi connectivity index (χ4n) is 4.03. The Hall–Kier alpha value is -2.39. The van der Waals surface area contributed by atoms with Gasteiger partial charge in [-0.15, -0.1) is 5.92 Å². The molecule has 0 aliphatic carbocycles. The molecule has 6 heteroatoms. The zero-order chi connectivity index (χ0) is 19.3. The standard InChI is InChI=1S/C21H30N4O2/c1-3-4-15-27-20(26)24-14-11-21(2,16-24)25-12-9-17(10-13-25)23-19-8-6-5-7-18(19)22/h5-8,17,23H,9-16,22H2,1-2H3. The second-order valence-electron chi connectivity index (χ2n) is 7.64. The van der Waals surface area contributed by atoms with E-state index in [1.165, 1.54) is 0 Å². The lowest BCUT2D eigenvalue weighted by Gasteiger charge is -2.43. The van der Waals surface area contributed by atoms with Crippen LogP contribution >= 0.6 is 0 Å². The van der Waals surface area contributed by atoms with Crippen molar-refractivity contribution in [2.75, 3.05) is 43.8 Å². The summed E-state index contributed by atoms with van der Waals surface area (Å²) in [6.07, 6.45) is 2.87. The van der Waals surface area contributed by atoms with E-state index in [4.69, 9.17) is 10.5 Å². The molecule has 27 heavy (non-hydrogen) atoms. The Morgan fingerprint density at radius 3 is 2.78 bits per heavy atom. The van der Waals surface area contributed by atoms with Gasteiger partial charge in [-0.3, -0.25) is 4.90 Å². The minimum absolute atomic E-state index is 0.0200. The summed E-state index contributed by atoms with van der Waals surface area (Å²) in [6, 6.07) is 8.36. The molecule has 1 aromatic carbocycles. The minimum Gasteiger partial charge on any atom is -0.436 e. The maximum atomic E-state index is 12.2. The van der Waals surface area contributed by atoms with Gasteiger partial charge in [0.05, 0.1) is 11.4 Å². The number of nitrogen functional groups attached to an aromatic ring is 1.